The van der Waals surface area contributed by atoms with Crippen molar-refractivity contribution in [1.82, 2.24) is 19.8 Å². The normalized spacial score (nSPS) is 18.4. The number of rotatable bonds is 5. The fourth-order valence-corrected chi connectivity index (χ4v) is 4.70. The van der Waals surface area contributed by atoms with Crippen LogP contribution >= 0.6 is 0 Å². The SMILES string of the molecule is CC#N.CC#N.[Fe+2].[O-][Cl+3]([O-])([O-])[O-].[O-][Cl+3]([O-])([O-])[O-].c1ccc(CN2CCCC[C@@H]2[C@H]2CCCCN2Cc2ccccn2)nc1. The van der Waals surface area contributed by atoms with Gasteiger partial charge in [-0.1, -0.05) is 25.0 Å². The number of nitriles is 2. The van der Waals surface area contributed by atoms with Crippen molar-refractivity contribution in [3.05, 3.63) is 60.2 Å². The summed E-state index contributed by atoms with van der Waals surface area (Å²) >= 11 is 0. The van der Waals surface area contributed by atoms with Crippen molar-refractivity contribution in [2.24, 2.45) is 0 Å². The van der Waals surface area contributed by atoms with Gasteiger partial charge in [0.1, 0.15) is 0 Å². The van der Waals surface area contributed by atoms with Gasteiger partial charge in [-0.3, -0.25) is 19.8 Å². The quantitative estimate of drug-likeness (QED) is 0.268. The predicted molar refractivity (Wildman–Crippen MR) is 127 cm³/mol. The van der Waals surface area contributed by atoms with Crippen molar-refractivity contribution in [3.8, 4) is 12.1 Å². The Morgan fingerprint density at radius 1 is 0.674 bits per heavy atom. The summed E-state index contributed by atoms with van der Waals surface area (Å²) in [5, 5.41) is 14.6. The summed E-state index contributed by atoms with van der Waals surface area (Å²) in [4.78, 5) is 14.6. The summed E-state index contributed by atoms with van der Waals surface area (Å²) in [7, 11) is -9.89. The second-order valence-corrected chi connectivity index (χ2v) is 10.4. The third-order valence-corrected chi connectivity index (χ3v) is 5.96. The fraction of sp³-hybridized carbons (Fsp3) is 0.538. The van der Waals surface area contributed by atoms with E-state index in [1.54, 1.807) is 12.1 Å². The Balaban J connectivity index is 0. The molecule has 0 unspecified atom stereocenters. The summed E-state index contributed by atoms with van der Waals surface area (Å²) in [6.45, 7) is 7.24. The Morgan fingerprint density at radius 2 is 0.977 bits per heavy atom. The van der Waals surface area contributed by atoms with Crippen molar-refractivity contribution in [2.45, 2.75) is 77.5 Å². The number of halogens is 2. The van der Waals surface area contributed by atoms with Crippen LogP contribution in [0, 0.1) is 43.1 Å². The van der Waals surface area contributed by atoms with Gasteiger partial charge in [0.2, 0.25) is 0 Å². The van der Waals surface area contributed by atoms with Crippen LogP contribution in [-0.4, -0.2) is 44.9 Å². The Kier molecular flexibility index (Phi) is 24.4. The molecule has 2 aliphatic rings. The summed E-state index contributed by atoms with van der Waals surface area (Å²) in [5.74, 6) is 0. The Bertz CT molecular complexity index is 945. The average molecular weight is 687 g/mol. The predicted octanol–water partition coefficient (Wildman–Crippen LogP) is -4.57. The van der Waals surface area contributed by atoms with Crippen LogP contribution in [0.4, 0.5) is 0 Å². The smallest absolute Gasteiger partial charge is 0.293 e. The van der Waals surface area contributed by atoms with Gasteiger partial charge < -0.3 is 0 Å². The van der Waals surface area contributed by atoms with E-state index in [4.69, 9.17) is 47.8 Å². The molecule has 17 heteroatoms. The summed E-state index contributed by atoms with van der Waals surface area (Å²) in [6.07, 6.45) is 11.8. The van der Waals surface area contributed by atoms with Crippen LogP contribution in [0.3, 0.4) is 0 Å². The van der Waals surface area contributed by atoms with Crippen molar-refractivity contribution in [3.63, 3.8) is 0 Å². The molecule has 2 saturated heterocycles. The van der Waals surface area contributed by atoms with Crippen molar-refractivity contribution >= 4 is 0 Å². The first-order valence-corrected chi connectivity index (χ1v) is 15.3. The monoisotopic (exact) mass is 686 g/mol. The number of hydrogen-bond donors (Lipinski definition) is 0. The molecule has 0 amide bonds. The van der Waals surface area contributed by atoms with Gasteiger partial charge in [-0.05, 0) is 63.0 Å². The summed E-state index contributed by atoms with van der Waals surface area (Å²) in [6, 6.07) is 17.4. The maximum absolute atomic E-state index is 8.49. The molecule has 0 N–H and O–H groups in total. The molecule has 0 bridgehead atoms. The van der Waals surface area contributed by atoms with Crippen LogP contribution in [0.25, 0.3) is 0 Å². The number of piperidine rings is 2. The molecule has 0 radical (unpaired) electrons. The van der Waals surface area contributed by atoms with Crippen molar-refractivity contribution in [2.75, 3.05) is 13.1 Å². The molecule has 2 aromatic heterocycles. The molecular weight excluding hydrogens is 651 g/mol. The van der Waals surface area contributed by atoms with Crippen LogP contribution in [0.2, 0.25) is 0 Å². The molecule has 43 heavy (non-hydrogen) atoms. The van der Waals surface area contributed by atoms with Crippen LogP contribution in [-0.2, 0) is 30.2 Å². The molecule has 4 rings (SSSR count). The molecule has 0 aliphatic carbocycles. The summed E-state index contributed by atoms with van der Waals surface area (Å²) in [5.41, 5.74) is 2.40. The Morgan fingerprint density at radius 3 is 1.23 bits per heavy atom. The Labute approximate surface area is 267 Å². The summed E-state index contributed by atoms with van der Waals surface area (Å²) < 4.78 is 67.9. The zero-order valence-corrected chi connectivity index (χ0v) is 26.5. The first-order chi connectivity index (χ1) is 19.7. The first kappa shape index (κ1) is 43.1. The molecule has 2 fully saturated rings. The number of nitrogens with zero attached hydrogens (tertiary/aromatic N) is 6. The maximum atomic E-state index is 8.49. The van der Waals surface area contributed by atoms with E-state index in [2.05, 4.69) is 44.0 Å². The van der Waals surface area contributed by atoms with Crippen LogP contribution < -0.4 is 37.3 Å². The molecule has 240 valence electrons. The standard InChI is InChI=1S/C22H30N4.2C2H3N.2ClHO4.Fe/c1-5-13-23-19(9-1)17-25-15-7-3-11-21(25)22-12-4-8-16-26(22)18-20-10-2-6-14-24-20;2*1-2-3;2*2-1(3,4)5;/h1-2,5-6,9-10,13-14,21-22H,3-4,7-8,11-12,15-18H2;2*1H3;2*(H,2,3,4,5);/q;;;;;+2/p-2/t21-,22-;;;;;/m1...../s1. The zero-order chi connectivity index (χ0) is 32.0. The largest absolute Gasteiger partial charge is 2.00 e. The van der Waals surface area contributed by atoms with Gasteiger partial charge in [0, 0.05) is 51.4 Å². The molecule has 0 aromatic carbocycles. The third kappa shape index (κ3) is 25.1. The van der Waals surface area contributed by atoms with E-state index in [1.807, 2.05) is 24.5 Å². The van der Waals surface area contributed by atoms with E-state index in [0.717, 1.165) is 13.1 Å². The van der Waals surface area contributed by atoms with Gasteiger partial charge in [-0.25, -0.2) is 37.3 Å². The maximum Gasteiger partial charge on any atom is 2.00 e. The van der Waals surface area contributed by atoms with E-state index >= 15 is 0 Å². The molecule has 2 atom stereocenters. The number of likely N-dealkylation sites (tertiary alicyclic amines) is 2. The molecular formula is C26H36Cl2FeN6O8. The van der Waals surface area contributed by atoms with E-state index in [9.17, 15) is 0 Å². The van der Waals surface area contributed by atoms with E-state index < -0.39 is 20.5 Å². The Hall–Kier alpha value is -2.02. The van der Waals surface area contributed by atoms with E-state index in [-0.39, 0.29) is 17.1 Å². The van der Waals surface area contributed by atoms with Gasteiger partial charge >= 0.3 is 17.1 Å². The molecule has 0 spiro atoms. The fourth-order valence-electron chi connectivity index (χ4n) is 4.70. The third-order valence-electron chi connectivity index (χ3n) is 5.96. The first-order valence-electron chi connectivity index (χ1n) is 12.9. The van der Waals surface area contributed by atoms with E-state index in [1.165, 1.54) is 76.8 Å². The van der Waals surface area contributed by atoms with Crippen LogP contribution in [0.15, 0.2) is 48.8 Å². The zero-order valence-electron chi connectivity index (χ0n) is 23.9. The minimum atomic E-state index is -4.94. The number of aromatic nitrogens is 2. The molecule has 14 nitrogen and oxygen atoms in total. The minimum absolute atomic E-state index is 0. The van der Waals surface area contributed by atoms with Crippen molar-refractivity contribution in [1.29, 1.82) is 10.5 Å². The van der Waals surface area contributed by atoms with E-state index in [0.29, 0.717) is 12.1 Å². The second-order valence-electron chi connectivity index (χ2n) is 8.91. The van der Waals surface area contributed by atoms with Crippen LogP contribution in [0.1, 0.15) is 63.8 Å². The second kappa shape index (κ2) is 24.3. The average Bonchev–Trinajstić information content (AvgIpc) is 2.90. The molecule has 2 aromatic rings. The number of pyridine rings is 2. The molecule has 4 heterocycles. The molecule has 2 aliphatic heterocycles. The van der Waals surface area contributed by atoms with Gasteiger partial charge in [0.15, 0.2) is 0 Å². The van der Waals surface area contributed by atoms with Gasteiger partial charge in [-0.2, -0.15) is 10.5 Å². The van der Waals surface area contributed by atoms with Crippen LogP contribution in [0.5, 0.6) is 0 Å². The van der Waals surface area contributed by atoms with Gasteiger partial charge in [0.25, 0.3) is 0 Å². The molecule has 0 saturated carbocycles. The van der Waals surface area contributed by atoms with Gasteiger partial charge in [0.05, 0.1) is 23.5 Å². The minimum Gasteiger partial charge on any atom is -0.293 e. The van der Waals surface area contributed by atoms with Crippen molar-refractivity contribution < 1.29 is 74.8 Å². The topological polar surface area (TPSA) is 264 Å². The van der Waals surface area contributed by atoms with Gasteiger partial charge in [-0.15, -0.1) is 20.5 Å². The number of hydrogen-bond acceptors (Lipinski definition) is 14.